The molecule has 3 heterocycles. The van der Waals surface area contributed by atoms with E-state index >= 15 is 0 Å². The van der Waals surface area contributed by atoms with E-state index in [1.54, 1.807) is 13.0 Å². The number of aryl methyl sites for hydroxylation is 1. The smallest absolute Gasteiger partial charge is 0.361 e. The molecule has 170 valence electrons. The summed E-state index contributed by atoms with van der Waals surface area (Å²) in [6.45, 7) is 6.54. The Morgan fingerprint density at radius 2 is 2.10 bits per heavy atom. The van der Waals surface area contributed by atoms with Crippen LogP contribution in [0.4, 0.5) is 5.13 Å². The summed E-state index contributed by atoms with van der Waals surface area (Å²) in [7, 11) is -3.48. The highest BCUT2D eigenvalue weighted by molar-refractivity contribution is 7.93. The lowest BCUT2D eigenvalue weighted by Crippen LogP contribution is -2.51. The third-order valence-electron chi connectivity index (χ3n) is 5.16. The number of pyridine rings is 1. The van der Waals surface area contributed by atoms with Gasteiger partial charge in [0.1, 0.15) is 10.9 Å². The average molecular weight is 469 g/mol. The SMILES string of the molecule is CCCc1cccnc1C(=O)OC1CN(CC)C[N+]1([O-])c1ncc(S(=O)(=O)CCC)s1. The van der Waals surface area contributed by atoms with Gasteiger partial charge in [-0.05, 0) is 35.8 Å². The first-order valence-corrected chi connectivity index (χ1v) is 12.9. The third kappa shape index (κ3) is 4.96. The zero-order chi connectivity index (χ0) is 22.6. The molecule has 0 amide bonds. The highest BCUT2D eigenvalue weighted by Gasteiger charge is 2.46. The predicted octanol–water partition coefficient (Wildman–Crippen LogP) is 2.96. The normalized spacial score (nSPS) is 22.0. The minimum atomic E-state index is -3.48. The molecule has 0 radical (unpaired) electrons. The van der Waals surface area contributed by atoms with E-state index in [9.17, 15) is 18.4 Å². The second-order valence-corrected chi connectivity index (χ2v) is 10.9. The fourth-order valence-corrected chi connectivity index (χ4v) is 6.20. The average Bonchev–Trinajstić information content (AvgIpc) is 3.35. The van der Waals surface area contributed by atoms with Gasteiger partial charge < -0.3 is 9.94 Å². The molecule has 31 heavy (non-hydrogen) atoms. The summed E-state index contributed by atoms with van der Waals surface area (Å²) in [5, 5.41) is 13.9. The quantitative estimate of drug-likeness (QED) is 0.314. The fraction of sp³-hybridized carbons (Fsp3) is 0.550. The molecule has 2 atom stereocenters. The maximum Gasteiger partial charge on any atom is 0.361 e. The molecule has 1 fully saturated rings. The molecule has 0 aliphatic carbocycles. The minimum absolute atomic E-state index is 0.00707. The molecule has 1 aliphatic rings. The van der Waals surface area contributed by atoms with Crippen LogP contribution in [0.25, 0.3) is 0 Å². The van der Waals surface area contributed by atoms with Crippen molar-refractivity contribution in [3.8, 4) is 0 Å². The highest BCUT2D eigenvalue weighted by Crippen LogP contribution is 2.37. The van der Waals surface area contributed by atoms with Gasteiger partial charge in [0.25, 0.3) is 11.4 Å². The molecule has 0 saturated carbocycles. The van der Waals surface area contributed by atoms with Crippen LogP contribution in [0.1, 0.15) is 49.7 Å². The van der Waals surface area contributed by atoms with Gasteiger partial charge in [-0.1, -0.05) is 33.3 Å². The number of hydrogen-bond acceptors (Lipinski definition) is 9. The second-order valence-electron chi connectivity index (χ2n) is 7.51. The number of quaternary nitrogens is 1. The number of carbonyl (C=O) groups is 1. The van der Waals surface area contributed by atoms with Crippen molar-refractivity contribution in [1.29, 1.82) is 0 Å². The van der Waals surface area contributed by atoms with Crippen molar-refractivity contribution in [2.24, 2.45) is 0 Å². The molecule has 0 spiro atoms. The maximum absolute atomic E-state index is 13.8. The molecule has 0 N–H and O–H groups in total. The van der Waals surface area contributed by atoms with Crippen LogP contribution in [0, 0.1) is 5.21 Å². The number of hydrogen-bond donors (Lipinski definition) is 0. The largest absolute Gasteiger partial charge is 0.622 e. The summed E-state index contributed by atoms with van der Waals surface area (Å²) in [6, 6.07) is 3.59. The van der Waals surface area contributed by atoms with E-state index in [4.69, 9.17) is 4.74 Å². The van der Waals surface area contributed by atoms with E-state index in [0.29, 0.717) is 19.4 Å². The molecule has 2 unspecified atom stereocenters. The summed E-state index contributed by atoms with van der Waals surface area (Å²) in [6.07, 6.45) is 3.68. The molecule has 2 aromatic heterocycles. The van der Waals surface area contributed by atoms with Crippen molar-refractivity contribution in [2.75, 3.05) is 25.5 Å². The van der Waals surface area contributed by atoms with E-state index in [1.807, 2.05) is 24.8 Å². The number of carbonyl (C=O) groups excluding carboxylic acids is 1. The molecule has 1 saturated heterocycles. The van der Waals surface area contributed by atoms with Crippen molar-refractivity contribution in [3.05, 3.63) is 41.0 Å². The van der Waals surface area contributed by atoms with Crippen LogP contribution in [-0.4, -0.2) is 61.0 Å². The predicted molar refractivity (Wildman–Crippen MR) is 119 cm³/mol. The number of sulfone groups is 1. The molecule has 3 rings (SSSR count). The van der Waals surface area contributed by atoms with E-state index in [2.05, 4.69) is 9.97 Å². The van der Waals surface area contributed by atoms with Gasteiger partial charge in [-0.15, -0.1) is 0 Å². The van der Waals surface area contributed by atoms with Crippen molar-refractivity contribution < 1.29 is 17.9 Å². The van der Waals surface area contributed by atoms with Crippen LogP contribution in [0.15, 0.2) is 28.7 Å². The van der Waals surface area contributed by atoms with Gasteiger partial charge >= 0.3 is 5.97 Å². The topological polar surface area (TPSA) is 113 Å². The number of likely N-dealkylation sites (N-methyl/N-ethyl adjacent to an activating group) is 1. The minimum Gasteiger partial charge on any atom is -0.622 e. The van der Waals surface area contributed by atoms with Crippen LogP contribution in [0.2, 0.25) is 0 Å². The molecular weight excluding hydrogens is 440 g/mol. The molecular formula is C20H28N4O5S2. The third-order valence-corrected chi connectivity index (χ3v) is 8.74. The Labute approximate surface area is 186 Å². The first kappa shape index (κ1) is 23.7. The van der Waals surface area contributed by atoms with Gasteiger partial charge in [0, 0.05) is 12.7 Å². The summed E-state index contributed by atoms with van der Waals surface area (Å²) in [5.41, 5.74) is 0.975. The molecule has 9 nitrogen and oxygen atoms in total. The highest BCUT2D eigenvalue weighted by atomic mass is 32.2. The Morgan fingerprint density at radius 3 is 2.77 bits per heavy atom. The van der Waals surface area contributed by atoms with Crippen LogP contribution < -0.4 is 4.65 Å². The number of rotatable bonds is 9. The number of aromatic nitrogens is 2. The number of ether oxygens (including phenoxy) is 1. The van der Waals surface area contributed by atoms with Gasteiger partial charge in [-0.25, -0.2) is 23.1 Å². The lowest BCUT2D eigenvalue weighted by molar-refractivity contribution is 0.00487. The van der Waals surface area contributed by atoms with Crippen molar-refractivity contribution in [2.45, 2.75) is 50.5 Å². The van der Waals surface area contributed by atoms with Crippen LogP contribution >= 0.6 is 11.3 Å². The molecule has 2 aromatic rings. The molecule has 0 aromatic carbocycles. The molecule has 0 bridgehead atoms. The van der Waals surface area contributed by atoms with E-state index in [0.717, 1.165) is 23.3 Å². The maximum atomic E-state index is 13.8. The standard InChI is InChI=1S/C20H28N4O5S2/c1-4-8-15-9-7-10-21-18(15)19(25)29-16-13-23(6-3)14-24(16,26)20-22-12-17(30-20)31(27,28)11-5-2/h7,9-10,12,16H,4-6,8,11,13-14H2,1-3H3. The van der Waals surface area contributed by atoms with E-state index in [-0.39, 0.29) is 34.0 Å². The van der Waals surface area contributed by atoms with Crippen LogP contribution in [0.5, 0.6) is 0 Å². The Bertz CT molecular complexity index is 1030. The first-order valence-electron chi connectivity index (χ1n) is 10.4. The Balaban J connectivity index is 1.89. The summed E-state index contributed by atoms with van der Waals surface area (Å²) in [4.78, 5) is 23.1. The lowest BCUT2D eigenvalue weighted by Gasteiger charge is -2.38. The number of nitrogens with zero attached hydrogens (tertiary/aromatic N) is 4. The zero-order valence-corrected chi connectivity index (χ0v) is 19.6. The Morgan fingerprint density at radius 1 is 1.32 bits per heavy atom. The Kier molecular flexibility index (Phi) is 7.43. The van der Waals surface area contributed by atoms with E-state index < -0.39 is 26.7 Å². The fourth-order valence-electron chi connectivity index (χ4n) is 3.55. The van der Waals surface area contributed by atoms with Gasteiger partial charge in [0.15, 0.2) is 15.5 Å². The molecule has 1 aliphatic heterocycles. The number of esters is 1. The van der Waals surface area contributed by atoms with Gasteiger partial charge in [-0.2, -0.15) is 4.98 Å². The van der Waals surface area contributed by atoms with Crippen molar-refractivity contribution in [1.82, 2.24) is 19.5 Å². The summed E-state index contributed by atoms with van der Waals surface area (Å²) < 4.78 is 29.5. The summed E-state index contributed by atoms with van der Waals surface area (Å²) >= 11 is 0.853. The zero-order valence-electron chi connectivity index (χ0n) is 18.0. The number of thiazole rings is 1. The van der Waals surface area contributed by atoms with E-state index in [1.165, 1.54) is 12.4 Å². The summed E-state index contributed by atoms with van der Waals surface area (Å²) in [5.74, 6) is -0.659. The monoisotopic (exact) mass is 468 g/mol. The Hall–Kier alpha value is -1.92. The lowest BCUT2D eigenvalue weighted by atomic mass is 10.1. The van der Waals surface area contributed by atoms with Gasteiger partial charge in [0.2, 0.25) is 0 Å². The van der Waals surface area contributed by atoms with Crippen LogP contribution in [-0.2, 0) is 21.0 Å². The van der Waals surface area contributed by atoms with Crippen LogP contribution in [0.3, 0.4) is 0 Å². The van der Waals surface area contributed by atoms with Crippen molar-refractivity contribution in [3.63, 3.8) is 0 Å². The van der Waals surface area contributed by atoms with Crippen molar-refractivity contribution >= 4 is 32.3 Å². The molecule has 11 heteroatoms. The first-order chi connectivity index (χ1) is 14.7. The van der Waals surface area contributed by atoms with Gasteiger partial charge in [0.05, 0.1) is 18.5 Å². The number of hydroxylamine groups is 2. The second kappa shape index (κ2) is 9.70. The van der Waals surface area contributed by atoms with Gasteiger partial charge in [-0.3, -0.25) is 4.65 Å².